The van der Waals surface area contributed by atoms with Gasteiger partial charge in [-0.05, 0) is 27.4 Å². The summed E-state index contributed by atoms with van der Waals surface area (Å²) in [6.45, 7) is 0.594. The second-order valence-corrected chi connectivity index (χ2v) is 7.62. The van der Waals surface area contributed by atoms with E-state index in [1.54, 1.807) is 4.90 Å². The molecule has 2 rings (SSSR count). The van der Waals surface area contributed by atoms with Crippen molar-refractivity contribution in [3.63, 3.8) is 0 Å². The Morgan fingerprint density at radius 3 is 2.50 bits per heavy atom. The third kappa shape index (κ3) is 2.46. The van der Waals surface area contributed by atoms with E-state index in [0.717, 1.165) is 4.47 Å². The van der Waals surface area contributed by atoms with Gasteiger partial charge in [0.2, 0.25) is 0 Å². The van der Waals surface area contributed by atoms with Crippen LogP contribution in [0.5, 0.6) is 0 Å². The predicted octanol–water partition coefficient (Wildman–Crippen LogP) is 1.38. The van der Waals surface area contributed by atoms with Gasteiger partial charge in [0.25, 0.3) is 5.91 Å². The first-order chi connectivity index (χ1) is 7.49. The van der Waals surface area contributed by atoms with Gasteiger partial charge in [0, 0.05) is 17.6 Å². The van der Waals surface area contributed by atoms with Crippen LogP contribution in [0.4, 0.5) is 0 Å². The Morgan fingerprint density at radius 1 is 1.38 bits per heavy atom. The summed E-state index contributed by atoms with van der Waals surface area (Å²) in [5.74, 6) is 0.0560. The van der Waals surface area contributed by atoms with Crippen molar-refractivity contribution in [3.05, 3.63) is 20.8 Å². The second-order valence-electron chi connectivity index (χ2n) is 3.54. The molecule has 1 amide bonds. The van der Waals surface area contributed by atoms with E-state index in [0.29, 0.717) is 18.0 Å². The number of hydrogen-bond donors (Lipinski definition) is 0. The van der Waals surface area contributed by atoms with E-state index in [4.69, 9.17) is 0 Å². The predicted molar refractivity (Wildman–Crippen MR) is 66.6 cm³/mol. The standard InChI is InChI=1S/C9H10BrNO3S2/c10-7-1-4-15-8(7)9(12)11-2-5-16(13,14)6-3-11/h1,4H,2-3,5-6H2. The number of carbonyl (C=O) groups excluding carboxylic acids is 1. The van der Waals surface area contributed by atoms with Crippen molar-refractivity contribution in [1.29, 1.82) is 0 Å². The third-order valence-electron chi connectivity index (χ3n) is 2.44. The molecule has 7 heteroatoms. The number of carbonyl (C=O) groups is 1. The highest BCUT2D eigenvalue weighted by Gasteiger charge is 2.27. The molecule has 0 spiro atoms. The van der Waals surface area contributed by atoms with Gasteiger partial charge in [-0.3, -0.25) is 4.79 Å². The first-order valence-electron chi connectivity index (χ1n) is 4.72. The van der Waals surface area contributed by atoms with Crippen LogP contribution in [0.2, 0.25) is 0 Å². The van der Waals surface area contributed by atoms with Crippen LogP contribution in [0.25, 0.3) is 0 Å². The molecule has 0 bridgehead atoms. The molecule has 2 heterocycles. The van der Waals surface area contributed by atoms with Crippen molar-refractivity contribution in [3.8, 4) is 0 Å². The van der Waals surface area contributed by atoms with Crippen LogP contribution in [0, 0.1) is 0 Å². The second kappa shape index (κ2) is 4.46. The minimum Gasteiger partial charge on any atom is -0.336 e. The summed E-state index contributed by atoms with van der Waals surface area (Å²) in [6, 6.07) is 1.82. The van der Waals surface area contributed by atoms with Crippen molar-refractivity contribution in [2.45, 2.75) is 0 Å². The largest absolute Gasteiger partial charge is 0.336 e. The number of halogens is 1. The average Bonchev–Trinajstić information content (AvgIpc) is 2.63. The lowest BCUT2D eigenvalue weighted by molar-refractivity contribution is 0.0774. The average molecular weight is 324 g/mol. The Balaban J connectivity index is 2.11. The van der Waals surface area contributed by atoms with Gasteiger partial charge in [-0.2, -0.15) is 0 Å². The summed E-state index contributed by atoms with van der Waals surface area (Å²) in [7, 11) is -2.93. The molecule has 1 fully saturated rings. The molecule has 0 N–H and O–H groups in total. The molecule has 1 aromatic heterocycles. The molecule has 1 aliphatic heterocycles. The van der Waals surface area contributed by atoms with E-state index in [2.05, 4.69) is 15.9 Å². The fourth-order valence-electron chi connectivity index (χ4n) is 1.51. The highest BCUT2D eigenvalue weighted by Crippen LogP contribution is 2.24. The number of rotatable bonds is 1. The van der Waals surface area contributed by atoms with Crippen molar-refractivity contribution in [1.82, 2.24) is 4.90 Å². The van der Waals surface area contributed by atoms with Gasteiger partial charge in [-0.15, -0.1) is 11.3 Å². The molecule has 16 heavy (non-hydrogen) atoms. The molecule has 0 aliphatic carbocycles. The zero-order chi connectivity index (χ0) is 11.8. The number of sulfone groups is 1. The maximum absolute atomic E-state index is 12.0. The minimum atomic E-state index is -2.93. The van der Waals surface area contributed by atoms with Gasteiger partial charge in [0.05, 0.1) is 11.5 Å². The first-order valence-corrected chi connectivity index (χ1v) is 8.22. The van der Waals surface area contributed by atoms with Gasteiger partial charge in [0.1, 0.15) is 4.88 Å². The van der Waals surface area contributed by atoms with Crippen LogP contribution in [0.15, 0.2) is 15.9 Å². The van der Waals surface area contributed by atoms with E-state index in [9.17, 15) is 13.2 Å². The van der Waals surface area contributed by atoms with E-state index in [1.165, 1.54) is 11.3 Å². The van der Waals surface area contributed by atoms with Crippen LogP contribution in [0.1, 0.15) is 9.67 Å². The lowest BCUT2D eigenvalue weighted by Gasteiger charge is -2.26. The van der Waals surface area contributed by atoms with E-state index in [1.807, 2.05) is 11.4 Å². The normalized spacial score (nSPS) is 19.7. The van der Waals surface area contributed by atoms with Crippen LogP contribution < -0.4 is 0 Å². The van der Waals surface area contributed by atoms with Crippen molar-refractivity contribution in [2.24, 2.45) is 0 Å². The van der Waals surface area contributed by atoms with Gasteiger partial charge < -0.3 is 4.90 Å². The zero-order valence-electron chi connectivity index (χ0n) is 8.35. The molecule has 0 aromatic carbocycles. The van der Waals surface area contributed by atoms with Crippen molar-refractivity contribution in [2.75, 3.05) is 24.6 Å². The molecule has 4 nitrogen and oxygen atoms in total. The summed E-state index contributed by atoms with van der Waals surface area (Å²) in [6.07, 6.45) is 0. The minimum absolute atomic E-state index is 0.0712. The Bertz CT molecular complexity index is 495. The van der Waals surface area contributed by atoms with E-state index < -0.39 is 9.84 Å². The SMILES string of the molecule is O=C(c1sccc1Br)N1CCS(=O)(=O)CC1. The van der Waals surface area contributed by atoms with Crippen LogP contribution >= 0.6 is 27.3 Å². The Hall–Kier alpha value is -0.400. The fraction of sp³-hybridized carbons (Fsp3) is 0.444. The monoisotopic (exact) mass is 323 g/mol. The molecule has 1 aliphatic rings. The van der Waals surface area contributed by atoms with E-state index >= 15 is 0 Å². The molecular weight excluding hydrogens is 314 g/mol. The van der Waals surface area contributed by atoms with Crippen LogP contribution in [-0.2, 0) is 9.84 Å². The first kappa shape index (κ1) is 12.1. The van der Waals surface area contributed by atoms with Crippen molar-refractivity contribution < 1.29 is 13.2 Å². The summed E-state index contributed by atoms with van der Waals surface area (Å²) < 4.78 is 23.2. The van der Waals surface area contributed by atoms with Crippen LogP contribution in [0.3, 0.4) is 0 Å². The molecular formula is C9H10BrNO3S2. The number of nitrogens with zero attached hydrogens (tertiary/aromatic N) is 1. The Labute approximate surface area is 106 Å². The van der Waals surface area contributed by atoms with Crippen molar-refractivity contribution >= 4 is 43.0 Å². The fourth-order valence-corrected chi connectivity index (χ4v) is 4.21. The summed E-state index contributed by atoms with van der Waals surface area (Å²) >= 11 is 4.66. The molecule has 88 valence electrons. The lowest BCUT2D eigenvalue weighted by atomic mass is 10.4. The number of thiophene rings is 1. The molecule has 1 aromatic rings. The van der Waals surface area contributed by atoms with Gasteiger partial charge in [-0.1, -0.05) is 0 Å². The highest BCUT2D eigenvalue weighted by atomic mass is 79.9. The summed E-state index contributed by atoms with van der Waals surface area (Å²) in [4.78, 5) is 14.2. The molecule has 0 radical (unpaired) electrons. The quantitative estimate of drug-likeness (QED) is 0.784. The zero-order valence-corrected chi connectivity index (χ0v) is 11.6. The third-order valence-corrected chi connectivity index (χ3v) is 5.88. The highest BCUT2D eigenvalue weighted by molar-refractivity contribution is 9.10. The summed E-state index contributed by atoms with van der Waals surface area (Å²) in [5, 5.41) is 1.83. The summed E-state index contributed by atoms with van der Waals surface area (Å²) in [5.41, 5.74) is 0. The smallest absolute Gasteiger partial charge is 0.265 e. The topological polar surface area (TPSA) is 54.5 Å². The van der Waals surface area contributed by atoms with E-state index in [-0.39, 0.29) is 17.4 Å². The maximum atomic E-state index is 12.0. The van der Waals surface area contributed by atoms with Gasteiger partial charge >= 0.3 is 0 Å². The van der Waals surface area contributed by atoms with Gasteiger partial charge in [0.15, 0.2) is 9.84 Å². The number of hydrogen-bond acceptors (Lipinski definition) is 4. The molecule has 0 saturated carbocycles. The van der Waals surface area contributed by atoms with Crippen LogP contribution in [-0.4, -0.2) is 43.8 Å². The van der Waals surface area contributed by atoms with Gasteiger partial charge in [-0.25, -0.2) is 8.42 Å². The number of amides is 1. The molecule has 0 atom stereocenters. The molecule has 1 saturated heterocycles. The Kier molecular flexibility index (Phi) is 3.37. The molecule has 0 unspecified atom stereocenters. The lowest BCUT2D eigenvalue weighted by Crippen LogP contribution is -2.43. The Morgan fingerprint density at radius 2 is 2.00 bits per heavy atom. The maximum Gasteiger partial charge on any atom is 0.265 e.